The summed E-state index contributed by atoms with van der Waals surface area (Å²) in [4.78, 5) is 0. The van der Waals surface area contributed by atoms with E-state index in [4.69, 9.17) is 75.4 Å². The Morgan fingerprint density at radius 2 is 0.182 bits per heavy atom. The predicted molar refractivity (Wildman–Crippen MR) is 116 cm³/mol. The standard InChI is InChI=1S/5BH3O3.5H3N.8H2O/c5*2-1(3)4;;;;;;;;;;;;;/h5*2-4H;5*1H3;8*1H2. The van der Waals surface area contributed by atoms with Crippen molar-refractivity contribution in [3.63, 3.8) is 0 Å². The Morgan fingerprint density at radius 1 is 0.182 bits per heavy atom. The largest absolute Gasteiger partial charge is 0.631 e. The number of hydrogen-bond acceptors (Lipinski definition) is 20. The Morgan fingerprint density at radius 3 is 0.182 bits per heavy atom. The van der Waals surface area contributed by atoms with Gasteiger partial charge in [0.2, 0.25) is 0 Å². The third kappa shape index (κ3) is 42100. The average Bonchev–Trinajstić information content (AvgIpc) is 1.94. The van der Waals surface area contributed by atoms with Crippen LogP contribution in [0.4, 0.5) is 0 Å². The molecule has 0 bridgehead atoms. The van der Waals surface area contributed by atoms with Crippen LogP contribution in [0.1, 0.15) is 0 Å². The van der Waals surface area contributed by atoms with Crippen LogP contribution >= 0.6 is 0 Å². The molecule has 224 valence electrons. The van der Waals surface area contributed by atoms with Crippen LogP contribution in [0, 0.1) is 0 Å². The summed E-state index contributed by atoms with van der Waals surface area (Å²) in [5, 5.41) is 108. The van der Waals surface area contributed by atoms with Gasteiger partial charge in [-0.15, -0.1) is 0 Å². The lowest BCUT2D eigenvalue weighted by Crippen LogP contribution is -2.07. The van der Waals surface area contributed by atoms with Crippen LogP contribution in [0.25, 0.3) is 0 Å². The molecule has 0 saturated carbocycles. The summed E-state index contributed by atoms with van der Waals surface area (Å²) >= 11 is 0. The first kappa shape index (κ1) is 155. The third-order valence-corrected chi connectivity index (χ3v) is 0. The van der Waals surface area contributed by atoms with E-state index in [0.29, 0.717) is 0 Å². The van der Waals surface area contributed by atoms with Gasteiger partial charge in [-0.25, -0.2) is 0 Å². The minimum atomic E-state index is -2.17. The van der Waals surface area contributed by atoms with E-state index < -0.39 is 36.6 Å². The van der Waals surface area contributed by atoms with Crippen LogP contribution < -0.4 is 30.8 Å². The maximum atomic E-state index is 7.17. The summed E-state index contributed by atoms with van der Waals surface area (Å²) < 4.78 is 0. The zero-order valence-corrected chi connectivity index (χ0v) is 17.1. The first-order valence-electron chi connectivity index (χ1n) is 3.87. The highest BCUT2D eigenvalue weighted by Crippen LogP contribution is 1.41. The second-order valence-corrected chi connectivity index (χ2v) is 1.73. The van der Waals surface area contributed by atoms with Gasteiger partial charge in [0.15, 0.2) is 0 Å². The molecule has 0 aromatic carbocycles. The van der Waals surface area contributed by atoms with Crippen LogP contribution in [0.2, 0.25) is 0 Å². The first-order valence-corrected chi connectivity index (χ1v) is 3.87. The fourth-order valence-corrected chi connectivity index (χ4v) is 0. The second-order valence-electron chi connectivity index (χ2n) is 1.73. The molecule has 0 amide bonds. The van der Waals surface area contributed by atoms with Crippen molar-refractivity contribution in [1.82, 2.24) is 30.8 Å². The molecule has 0 heterocycles. The zero-order chi connectivity index (χ0) is 17.9. The maximum Gasteiger partial charge on any atom is 0.631 e. The van der Waals surface area contributed by atoms with Crippen molar-refractivity contribution < 1.29 is 119 Å². The van der Waals surface area contributed by atoms with Gasteiger partial charge in [-0.1, -0.05) is 0 Å². The van der Waals surface area contributed by atoms with Gasteiger partial charge in [0, 0.05) is 0 Å². The maximum absolute atomic E-state index is 7.17. The summed E-state index contributed by atoms with van der Waals surface area (Å²) in [6.45, 7) is 0. The Labute approximate surface area is 187 Å². The minimum Gasteiger partial charge on any atom is -0.412 e. The summed E-state index contributed by atoms with van der Waals surface area (Å²) in [5.41, 5.74) is 0. The van der Waals surface area contributed by atoms with Crippen molar-refractivity contribution in [2.45, 2.75) is 0 Å². The summed E-state index contributed by atoms with van der Waals surface area (Å²) in [6, 6.07) is 0. The van der Waals surface area contributed by atoms with E-state index in [1.165, 1.54) is 0 Å². The van der Waals surface area contributed by atoms with Crippen LogP contribution in [-0.2, 0) is 0 Å². The lowest BCUT2D eigenvalue weighted by molar-refractivity contribution is 0.276. The molecule has 0 aromatic rings. The Bertz CT molecular complexity index is 97.8. The van der Waals surface area contributed by atoms with Gasteiger partial charge in [0.1, 0.15) is 0 Å². The van der Waals surface area contributed by atoms with Crippen molar-refractivity contribution in [3.05, 3.63) is 0 Å². The van der Waals surface area contributed by atoms with E-state index in [1.807, 2.05) is 0 Å². The van der Waals surface area contributed by atoms with Gasteiger partial charge in [-0.2, -0.15) is 0 Å². The van der Waals surface area contributed by atoms with Crippen LogP contribution in [0.15, 0.2) is 0 Å². The van der Waals surface area contributed by atoms with Crippen molar-refractivity contribution in [2.24, 2.45) is 0 Å². The molecule has 33 heteroatoms. The van der Waals surface area contributed by atoms with Crippen LogP contribution in [0.5, 0.6) is 0 Å². The molecule has 0 atom stereocenters. The molecule has 0 aliphatic heterocycles. The van der Waals surface area contributed by atoms with Gasteiger partial charge < -0.3 is 150 Å². The summed E-state index contributed by atoms with van der Waals surface area (Å²) in [5.74, 6) is 0. The van der Waals surface area contributed by atoms with Crippen LogP contribution in [0.3, 0.4) is 0 Å². The highest BCUT2D eigenvalue weighted by molar-refractivity contribution is 6.31. The minimum absolute atomic E-state index is 0. The molecule has 33 heavy (non-hydrogen) atoms. The SMILES string of the molecule is N.N.N.N.N.O.O.O.O.O.O.O.O.OB(O)O.OB(O)O.OB(O)O.OB(O)O.OB(O)O. The first-order chi connectivity index (χ1) is 8.66. The number of rotatable bonds is 0. The molecule has 0 aromatic heterocycles. The molecular weight excluding hydrogens is 492 g/mol. The van der Waals surface area contributed by atoms with E-state index in [9.17, 15) is 0 Å². The van der Waals surface area contributed by atoms with Gasteiger partial charge in [-0.3, -0.25) is 0 Å². The zero-order valence-electron chi connectivity index (χ0n) is 17.1. The molecule has 0 saturated heterocycles. The third-order valence-electron chi connectivity index (χ3n) is 0. The van der Waals surface area contributed by atoms with E-state index in [2.05, 4.69) is 0 Å². The lowest BCUT2D eigenvalue weighted by atomic mass is 10.3. The smallest absolute Gasteiger partial charge is 0.412 e. The summed E-state index contributed by atoms with van der Waals surface area (Å²) in [7, 11) is -10.8. The second kappa shape index (κ2) is 141. The van der Waals surface area contributed by atoms with Gasteiger partial charge in [0.05, 0.1) is 0 Å². The summed E-state index contributed by atoms with van der Waals surface area (Å²) in [6.07, 6.45) is 0. The predicted octanol–water partition coefficient (Wildman–Crippen LogP) is -16.0. The highest BCUT2D eigenvalue weighted by Gasteiger charge is 1.94. The molecule has 0 radical (unpaired) electrons. The normalized spacial score (nSPS) is 4.09. The van der Waals surface area contributed by atoms with Crippen molar-refractivity contribution in [1.29, 1.82) is 0 Å². The van der Waals surface area contributed by atoms with Gasteiger partial charge in [0.25, 0.3) is 0 Å². The highest BCUT2D eigenvalue weighted by atomic mass is 16.5. The molecule has 0 unspecified atom stereocenters. The average molecular weight is 538 g/mol. The fourth-order valence-electron chi connectivity index (χ4n) is 0. The fraction of sp³-hybridized carbons (Fsp3) is 0. The van der Waals surface area contributed by atoms with E-state index in [1.54, 1.807) is 0 Å². The van der Waals surface area contributed by atoms with Crippen molar-refractivity contribution in [3.8, 4) is 0 Å². The van der Waals surface area contributed by atoms with E-state index in [-0.39, 0.29) is 74.6 Å². The number of hydrogen-bond donors (Lipinski definition) is 20. The van der Waals surface area contributed by atoms with E-state index >= 15 is 0 Å². The Balaban J connectivity index is -0.00000000485. The topological polar surface area (TPSA) is 730 Å². The molecule has 0 spiro atoms. The van der Waals surface area contributed by atoms with Crippen molar-refractivity contribution in [2.75, 3.05) is 0 Å². The van der Waals surface area contributed by atoms with Gasteiger partial charge >= 0.3 is 36.6 Å². The molecule has 46 N–H and O–H groups in total. The van der Waals surface area contributed by atoms with Crippen molar-refractivity contribution >= 4 is 36.6 Å². The molecule has 28 nitrogen and oxygen atoms in total. The van der Waals surface area contributed by atoms with E-state index in [0.717, 1.165) is 0 Å². The Hall–Kier alpha value is -0.795. The lowest BCUT2D eigenvalue weighted by Gasteiger charge is -1.69. The molecule has 0 aliphatic rings. The molecule has 0 rings (SSSR count). The molecule has 0 fully saturated rings. The quantitative estimate of drug-likeness (QED) is 0.127. The Kier molecular flexibility index (Phi) is 664. The molecule has 0 aliphatic carbocycles. The molecular formula is H46B5N5O23. The monoisotopic (exact) mass is 539 g/mol. The van der Waals surface area contributed by atoms with Crippen LogP contribution in [-0.4, -0.2) is 156 Å². The van der Waals surface area contributed by atoms with Gasteiger partial charge in [-0.05, 0) is 0 Å².